The summed E-state index contributed by atoms with van der Waals surface area (Å²) < 4.78 is 28.2. The first-order valence-corrected chi connectivity index (χ1v) is 8.02. The third-order valence-electron chi connectivity index (χ3n) is 3.64. The van der Waals surface area contributed by atoms with Crippen LogP contribution in [0, 0.1) is 11.6 Å². The zero-order valence-corrected chi connectivity index (χ0v) is 13.3. The smallest absolute Gasteiger partial charge is 0.131 e. The summed E-state index contributed by atoms with van der Waals surface area (Å²) in [5.41, 5.74) is 3.47. The SMILES string of the molecule is Fc1ccccc1-c1cccc(-c2ccccc2F)c1CBr. The van der Waals surface area contributed by atoms with Crippen molar-refractivity contribution < 1.29 is 8.78 Å². The van der Waals surface area contributed by atoms with Gasteiger partial charge in [0.2, 0.25) is 0 Å². The fourth-order valence-electron chi connectivity index (χ4n) is 2.59. The van der Waals surface area contributed by atoms with Crippen molar-refractivity contribution in [1.29, 1.82) is 0 Å². The highest BCUT2D eigenvalue weighted by atomic mass is 79.9. The second kappa shape index (κ2) is 6.41. The van der Waals surface area contributed by atoms with E-state index in [4.69, 9.17) is 0 Å². The van der Waals surface area contributed by atoms with Crippen molar-refractivity contribution in [3.63, 3.8) is 0 Å². The summed E-state index contributed by atoms with van der Waals surface area (Å²) in [4.78, 5) is 0. The molecule has 0 spiro atoms. The van der Waals surface area contributed by atoms with E-state index in [-0.39, 0.29) is 11.6 Å². The Bertz CT molecular complexity index is 748. The summed E-state index contributed by atoms with van der Waals surface area (Å²) in [7, 11) is 0. The van der Waals surface area contributed by atoms with Crippen LogP contribution in [-0.4, -0.2) is 0 Å². The first-order valence-electron chi connectivity index (χ1n) is 6.90. The van der Waals surface area contributed by atoms with Crippen molar-refractivity contribution in [2.24, 2.45) is 0 Å². The van der Waals surface area contributed by atoms with Crippen LogP contribution in [0.1, 0.15) is 5.56 Å². The molecule has 3 heteroatoms. The summed E-state index contributed by atoms with van der Waals surface area (Å²) >= 11 is 3.46. The van der Waals surface area contributed by atoms with Crippen LogP contribution in [0.5, 0.6) is 0 Å². The largest absolute Gasteiger partial charge is 0.206 e. The van der Waals surface area contributed by atoms with E-state index in [1.807, 2.05) is 18.2 Å². The second-order valence-corrected chi connectivity index (χ2v) is 5.49. The molecule has 0 aliphatic rings. The molecule has 0 unspecified atom stereocenters. The Kier molecular flexibility index (Phi) is 4.34. The summed E-state index contributed by atoms with van der Waals surface area (Å²) in [6.45, 7) is 0. The number of rotatable bonds is 3. The Morgan fingerprint density at radius 3 is 1.41 bits per heavy atom. The van der Waals surface area contributed by atoms with E-state index in [9.17, 15) is 8.78 Å². The Hall–Kier alpha value is -2.00. The van der Waals surface area contributed by atoms with E-state index in [1.54, 1.807) is 36.4 Å². The van der Waals surface area contributed by atoms with Gasteiger partial charge in [0.1, 0.15) is 11.6 Å². The third-order valence-corrected chi connectivity index (χ3v) is 4.20. The van der Waals surface area contributed by atoms with Gasteiger partial charge in [-0.3, -0.25) is 0 Å². The lowest BCUT2D eigenvalue weighted by molar-refractivity contribution is 0.631. The van der Waals surface area contributed by atoms with Gasteiger partial charge in [-0.2, -0.15) is 0 Å². The maximum atomic E-state index is 14.1. The molecular formula is C19H13BrF2. The molecule has 0 saturated carbocycles. The van der Waals surface area contributed by atoms with E-state index in [0.717, 1.165) is 16.7 Å². The fraction of sp³-hybridized carbons (Fsp3) is 0.0526. The molecule has 0 amide bonds. The van der Waals surface area contributed by atoms with Crippen molar-refractivity contribution in [3.8, 4) is 22.3 Å². The lowest BCUT2D eigenvalue weighted by Crippen LogP contribution is -1.95. The predicted octanol–water partition coefficient (Wildman–Crippen LogP) is 6.19. The first kappa shape index (κ1) is 14.9. The molecule has 3 aromatic carbocycles. The molecule has 0 atom stereocenters. The minimum absolute atomic E-state index is 0.282. The van der Waals surface area contributed by atoms with Crippen LogP contribution in [0.3, 0.4) is 0 Å². The minimum Gasteiger partial charge on any atom is -0.206 e. The molecule has 0 N–H and O–H groups in total. The summed E-state index contributed by atoms with van der Waals surface area (Å²) in [6, 6.07) is 18.8. The molecule has 0 aliphatic heterocycles. The zero-order valence-electron chi connectivity index (χ0n) is 11.7. The van der Waals surface area contributed by atoms with Crippen LogP contribution in [0.2, 0.25) is 0 Å². The van der Waals surface area contributed by atoms with Gasteiger partial charge in [0, 0.05) is 16.5 Å². The molecule has 0 fully saturated rings. The summed E-state index contributed by atoms with van der Waals surface area (Å²) in [5, 5.41) is 0.515. The lowest BCUT2D eigenvalue weighted by atomic mass is 9.92. The second-order valence-electron chi connectivity index (χ2n) is 4.93. The highest BCUT2D eigenvalue weighted by Crippen LogP contribution is 2.35. The monoisotopic (exact) mass is 358 g/mol. The lowest BCUT2D eigenvalue weighted by Gasteiger charge is -2.14. The molecule has 0 saturated heterocycles. The highest BCUT2D eigenvalue weighted by Gasteiger charge is 2.15. The molecule has 0 aliphatic carbocycles. The quantitative estimate of drug-likeness (QED) is 0.489. The molecule has 0 bridgehead atoms. The van der Waals surface area contributed by atoms with Gasteiger partial charge in [-0.1, -0.05) is 70.5 Å². The number of alkyl halides is 1. The molecule has 3 aromatic rings. The standard InChI is InChI=1S/C19H13BrF2/c20-12-17-13(15-6-1-3-10-18(15)21)8-5-9-14(17)16-7-2-4-11-19(16)22/h1-11H,12H2. The Morgan fingerprint density at radius 1 is 0.591 bits per heavy atom. The van der Waals surface area contributed by atoms with Crippen LogP contribution in [0.4, 0.5) is 8.78 Å². The van der Waals surface area contributed by atoms with Crippen LogP contribution in [0.15, 0.2) is 66.7 Å². The third kappa shape index (κ3) is 2.69. The Morgan fingerprint density at radius 2 is 1.00 bits per heavy atom. The van der Waals surface area contributed by atoms with Gasteiger partial charge in [0.25, 0.3) is 0 Å². The van der Waals surface area contributed by atoms with Gasteiger partial charge in [0.15, 0.2) is 0 Å². The molecule has 0 nitrogen and oxygen atoms in total. The van der Waals surface area contributed by atoms with Crippen molar-refractivity contribution in [1.82, 2.24) is 0 Å². The minimum atomic E-state index is -0.282. The van der Waals surface area contributed by atoms with Crippen molar-refractivity contribution >= 4 is 15.9 Å². The zero-order chi connectivity index (χ0) is 15.5. The van der Waals surface area contributed by atoms with Gasteiger partial charge in [-0.25, -0.2) is 8.78 Å². The molecule has 22 heavy (non-hydrogen) atoms. The number of hydrogen-bond acceptors (Lipinski definition) is 0. The molecule has 0 heterocycles. The van der Waals surface area contributed by atoms with Crippen molar-refractivity contribution in [3.05, 3.63) is 83.9 Å². The van der Waals surface area contributed by atoms with Gasteiger partial charge < -0.3 is 0 Å². The highest BCUT2D eigenvalue weighted by molar-refractivity contribution is 9.08. The van der Waals surface area contributed by atoms with Gasteiger partial charge in [0.05, 0.1) is 0 Å². The van der Waals surface area contributed by atoms with E-state index in [2.05, 4.69) is 15.9 Å². The molecule has 3 rings (SSSR count). The molecular weight excluding hydrogens is 346 g/mol. The van der Waals surface area contributed by atoms with E-state index in [1.165, 1.54) is 12.1 Å². The van der Waals surface area contributed by atoms with E-state index < -0.39 is 0 Å². The normalized spacial score (nSPS) is 10.7. The van der Waals surface area contributed by atoms with Gasteiger partial charge in [-0.05, 0) is 28.8 Å². The van der Waals surface area contributed by atoms with Crippen LogP contribution in [0.25, 0.3) is 22.3 Å². The topological polar surface area (TPSA) is 0 Å². The van der Waals surface area contributed by atoms with Crippen LogP contribution in [-0.2, 0) is 5.33 Å². The Labute approximate surface area is 136 Å². The predicted molar refractivity (Wildman–Crippen MR) is 89.9 cm³/mol. The van der Waals surface area contributed by atoms with E-state index >= 15 is 0 Å². The van der Waals surface area contributed by atoms with Crippen molar-refractivity contribution in [2.45, 2.75) is 5.33 Å². The number of hydrogen-bond donors (Lipinski definition) is 0. The Balaban J connectivity index is 2.25. The van der Waals surface area contributed by atoms with E-state index in [0.29, 0.717) is 16.5 Å². The molecule has 0 radical (unpaired) electrons. The maximum absolute atomic E-state index is 14.1. The summed E-state index contributed by atoms with van der Waals surface area (Å²) in [6.07, 6.45) is 0. The van der Waals surface area contributed by atoms with Crippen LogP contribution >= 0.6 is 15.9 Å². The summed E-state index contributed by atoms with van der Waals surface area (Å²) in [5.74, 6) is -0.564. The molecule has 0 aromatic heterocycles. The van der Waals surface area contributed by atoms with Gasteiger partial charge >= 0.3 is 0 Å². The average molecular weight is 359 g/mol. The maximum Gasteiger partial charge on any atom is 0.131 e. The van der Waals surface area contributed by atoms with Crippen LogP contribution < -0.4 is 0 Å². The number of halogens is 3. The molecule has 110 valence electrons. The van der Waals surface area contributed by atoms with Crippen molar-refractivity contribution in [2.75, 3.05) is 0 Å². The first-order chi connectivity index (χ1) is 10.7. The number of benzene rings is 3. The average Bonchev–Trinajstić information content (AvgIpc) is 2.55. The fourth-order valence-corrected chi connectivity index (χ4v) is 3.20. The van der Waals surface area contributed by atoms with Gasteiger partial charge in [-0.15, -0.1) is 0 Å².